The van der Waals surface area contributed by atoms with E-state index in [9.17, 15) is 0 Å². The first-order valence-electron chi connectivity index (χ1n) is 5.70. The Morgan fingerprint density at radius 2 is 1.67 bits per heavy atom. The van der Waals surface area contributed by atoms with E-state index in [1.807, 2.05) is 36.7 Å². The zero-order chi connectivity index (χ0) is 10.9. The summed E-state index contributed by atoms with van der Waals surface area (Å²) in [6.07, 6.45) is 4.30. The van der Waals surface area contributed by atoms with Gasteiger partial charge in [0.15, 0.2) is 0 Å². The van der Waals surface area contributed by atoms with E-state index in [1.165, 1.54) is 12.8 Å². The van der Waals surface area contributed by atoms with Gasteiger partial charge in [0.2, 0.25) is 0 Å². The van der Waals surface area contributed by atoms with Gasteiger partial charge in [0.25, 0.3) is 0 Å². The molecule has 1 rings (SSSR count). The van der Waals surface area contributed by atoms with Crippen LogP contribution in [0, 0.1) is 0 Å². The summed E-state index contributed by atoms with van der Waals surface area (Å²) in [5, 5.41) is 0. The normalized spacial score (nSPS) is 10.8. The summed E-state index contributed by atoms with van der Waals surface area (Å²) in [7, 11) is 0. The Labute approximate surface area is 92.6 Å². The molecule has 0 amide bonds. The molecule has 15 heavy (non-hydrogen) atoms. The van der Waals surface area contributed by atoms with E-state index in [0.29, 0.717) is 0 Å². The summed E-state index contributed by atoms with van der Waals surface area (Å²) < 4.78 is 0. The number of para-hydroxylation sites is 1. The van der Waals surface area contributed by atoms with Crippen molar-refractivity contribution in [3.8, 4) is 0 Å². The number of hydrogen-bond donors (Lipinski definition) is 0. The Morgan fingerprint density at radius 1 is 1.07 bits per heavy atom. The van der Waals surface area contributed by atoms with Crippen molar-refractivity contribution in [1.82, 2.24) is 4.90 Å². The zero-order valence-electron chi connectivity index (χ0n) is 9.69. The van der Waals surface area contributed by atoms with E-state index in [2.05, 4.69) is 23.7 Å². The van der Waals surface area contributed by atoms with Gasteiger partial charge in [-0.05, 0) is 25.0 Å². The molecule has 0 saturated carbocycles. The van der Waals surface area contributed by atoms with E-state index in [1.54, 1.807) is 0 Å². The highest BCUT2D eigenvalue weighted by Crippen LogP contribution is 2.08. The Morgan fingerprint density at radius 3 is 2.20 bits per heavy atom. The smallest absolute Gasteiger partial charge is 0.0912 e. The summed E-state index contributed by atoms with van der Waals surface area (Å²) >= 11 is 0. The van der Waals surface area contributed by atoms with Gasteiger partial charge in [0.1, 0.15) is 0 Å². The summed E-state index contributed by atoms with van der Waals surface area (Å²) in [6, 6.07) is 10.1. The van der Waals surface area contributed by atoms with Crippen molar-refractivity contribution in [1.29, 1.82) is 0 Å². The minimum Gasteiger partial charge on any atom is -0.363 e. The number of rotatable bonds is 6. The van der Waals surface area contributed by atoms with Gasteiger partial charge in [0, 0.05) is 13.1 Å². The van der Waals surface area contributed by atoms with E-state index in [0.717, 1.165) is 18.8 Å². The molecule has 1 aromatic carbocycles. The molecular weight excluding hydrogens is 184 g/mol. The van der Waals surface area contributed by atoms with Crippen LogP contribution >= 0.6 is 0 Å². The molecule has 0 aliphatic rings. The summed E-state index contributed by atoms with van der Waals surface area (Å²) in [5.74, 6) is 0. The highest BCUT2D eigenvalue weighted by molar-refractivity contribution is 5.61. The fourth-order valence-corrected chi connectivity index (χ4v) is 1.46. The molecule has 2 heteroatoms. The lowest BCUT2D eigenvalue weighted by atomic mass is 10.3. The van der Waals surface area contributed by atoms with Crippen LogP contribution in [0.1, 0.15) is 26.7 Å². The fourth-order valence-electron chi connectivity index (χ4n) is 1.46. The molecule has 0 atom stereocenters. The van der Waals surface area contributed by atoms with Gasteiger partial charge in [0.05, 0.1) is 12.0 Å². The fraction of sp³-hybridized carbons (Fsp3) is 0.462. The first kappa shape index (κ1) is 11.8. The molecule has 82 valence electrons. The number of benzene rings is 1. The standard InChI is InChI=1S/C13H20N2/c1-3-10-15(11-4-2)12-14-13-8-6-5-7-9-13/h5-9,12H,3-4,10-11H2,1-2H3. The van der Waals surface area contributed by atoms with Crippen LogP contribution in [0.3, 0.4) is 0 Å². The van der Waals surface area contributed by atoms with Crippen LogP contribution in [0.5, 0.6) is 0 Å². The van der Waals surface area contributed by atoms with Crippen molar-refractivity contribution in [3.05, 3.63) is 30.3 Å². The second-order valence-corrected chi connectivity index (χ2v) is 3.62. The van der Waals surface area contributed by atoms with Crippen LogP contribution in [-0.4, -0.2) is 24.3 Å². The predicted molar refractivity (Wildman–Crippen MR) is 66.7 cm³/mol. The molecule has 0 saturated heterocycles. The number of nitrogens with zero attached hydrogens (tertiary/aromatic N) is 2. The zero-order valence-corrected chi connectivity index (χ0v) is 9.69. The SMILES string of the molecule is CCCN(C=Nc1ccccc1)CCC. The second kappa shape index (κ2) is 7.04. The maximum atomic E-state index is 4.44. The molecule has 0 unspecified atom stereocenters. The van der Waals surface area contributed by atoms with Gasteiger partial charge in [-0.3, -0.25) is 0 Å². The second-order valence-electron chi connectivity index (χ2n) is 3.62. The summed E-state index contributed by atoms with van der Waals surface area (Å²) in [6.45, 7) is 6.56. The van der Waals surface area contributed by atoms with Crippen molar-refractivity contribution >= 4 is 12.0 Å². The lowest BCUT2D eigenvalue weighted by molar-refractivity contribution is 0.428. The molecule has 1 aromatic rings. The molecular formula is C13H20N2. The monoisotopic (exact) mass is 204 g/mol. The van der Waals surface area contributed by atoms with Gasteiger partial charge in [-0.1, -0.05) is 32.0 Å². The third-order valence-electron chi connectivity index (χ3n) is 2.15. The van der Waals surface area contributed by atoms with Crippen LogP contribution < -0.4 is 0 Å². The van der Waals surface area contributed by atoms with Crippen molar-refractivity contribution in [2.45, 2.75) is 26.7 Å². The average molecular weight is 204 g/mol. The quantitative estimate of drug-likeness (QED) is 0.511. The van der Waals surface area contributed by atoms with Crippen molar-refractivity contribution in [3.63, 3.8) is 0 Å². The molecule has 0 aromatic heterocycles. The average Bonchev–Trinajstić information content (AvgIpc) is 2.28. The first-order valence-corrected chi connectivity index (χ1v) is 5.70. The van der Waals surface area contributed by atoms with Crippen LogP contribution in [0.4, 0.5) is 5.69 Å². The van der Waals surface area contributed by atoms with Crippen molar-refractivity contribution in [2.75, 3.05) is 13.1 Å². The maximum Gasteiger partial charge on any atom is 0.0912 e. The molecule has 0 aliphatic heterocycles. The van der Waals surface area contributed by atoms with E-state index < -0.39 is 0 Å². The highest BCUT2D eigenvalue weighted by Gasteiger charge is 1.95. The molecule has 0 radical (unpaired) electrons. The Bertz CT molecular complexity index is 274. The summed E-state index contributed by atoms with van der Waals surface area (Å²) in [4.78, 5) is 6.72. The number of hydrogen-bond acceptors (Lipinski definition) is 1. The van der Waals surface area contributed by atoms with Crippen LogP contribution in [0.15, 0.2) is 35.3 Å². The van der Waals surface area contributed by atoms with Gasteiger partial charge < -0.3 is 4.90 Å². The Kier molecular flexibility index (Phi) is 5.52. The van der Waals surface area contributed by atoms with E-state index in [-0.39, 0.29) is 0 Å². The largest absolute Gasteiger partial charge is 0.363 e. The van der Waals surface area contributed by atoms with Crippen LogP contribution in [0.2, 0.25) is 0 Å². The molecule has 0 aliphatic carbocycles. The van der Waals surface area contributed by atoms with Gasteiger partial charge in [-0.2, -0.15) is 0 Å². The topological polar surface area (TPSA) is 15.6 Å². The predicted octanol–water partition coefficient (Wildman–Crippen LogP) is 3.47. The lowest BCUT2D eigenvalue weighted by Crippen LogP contribution is -2.23. The first-order chi connectivity index (χ1) is 7.36. The number of aliphatic imine (C=N–C) groups is 1. The van der Waals surface area contributed by atoms with Crippen LogP contribution in [-0.2, 0) is 0 Å². The molecule has 0 fully saturated rings. The third-order valence-corrected chi connectivity index (χ3v) is 2.15. The van der Waals surface area contributed by atoms with Crippen molar-refractivity contribution < 1.29 is 0 Å². The molecule has 2 nitrogen and oxygen atoms in total. The Balaban J connectivity index is 2.53. The van der Waals surface area contributed by atoms with E-state index >= 15 is 0 Å². The lowest BCUT2D eigenvalue weighted by Gasteiger charge is -2.17. The molecule has 0 bridgehead atoms. The van der Waals surface area contributed by atoms with Crippen molar-refractivity contribution in [2.24, 2.45) is 4.99 Å². The molecule has 0 heterocycles. The third kappa shape index (κ3) is 4.63. The van der Waals surface area contributed by atoms with Crippen LogP contribution in [0.25, 0.3) is 0 Å². The van der Waals surface area contributed by atoms with E-state index in [4.69, 9.17) is 0 Å². The highest BCUT2D eigenvalue weighted by atomic mass is 15.1. The minimum atomic E-state index is 1.02. The summed E-state index contributed by atoms with van der Waals surface area (Å²) in [5.41, 5.74) is 1.02. The van der Waals surface area contributed by atoms with Gasteiger partial charge in [-0.25, -0.2) is 4.99 Å². The molecule has 0 N–H and O–H groups in total. The maximum absolute atomic E-state index is 4.44. The minimum absolute atomic E-state index is 1.02. The Hall–Kier alpha value is -1.31. The van der Waals surface area contributed by atoms with Gasteiger partial charge in [-0.15, -0.1) is 0 Å². The van der Waals surface area contributed by atoms with Gasteiger partial charge >= 0.3 is 0 Å². The molecule has 0 spiro atoms.